The molecule has 1 aliphatic heterocycles. The second-order valence-electron chi connectivity index (χ2n) is 3.50. The fourth-order valence-corrected chi connectivity index (χ4v) is 1.40. The van der Waals surface area contributed by atoms with Crippen LogP contribution < -0.4 is 9.47 Å². The number of nitro groups is 1. The Kier molecular flexibility index (Phi) is 2.26. The molecule has 6 nitrogen and oxygen atoms in total. The molecule has 0 saturated heterocycles. The van der Waals surface area contributed by atoms with Gasteiger partial charge < -0.3 is 9.47 Å². The quantitative estimate of drug-likeness (QED) is 0.563. The molecule has 0 amide bonds. The Morgan fingerprint density at radius 3 is 2.75 bits per heavy atom. The van der Waals surface area contributed by atoms with Crippen LogP contribution in [0.15, 0.2) is 18.2 Å². The van der Waals surface area contributed by atoms with E-state index in [4.69, 9.17) is 9.47 Å². The number of hydrogen-bond donors (Lipinski definition) is 0. The second-order valence-corrected chi connectivity index (χ2v) is 3.50. The summed E-state index contributed by atoms with van der Waals surface area (Å²) >= 11 is 0. The van der Waals surface area contributed by atoms with Crippen molar-refractivity contribution >= 4 is 6.29 Å². The van der Waals surface area contributed by atoms with Crippen LogP contribution in [0.2, 0.25) is 0 Å². The second kappa shape index (κ2) is 3.48. The van der Waals surface area contributed by atoms with E-state index in [2.05, 4.69) is 0 Å². The number of nitrogens with zero attached hydrogens (tertiary/aromatic N) is 1. The minimum atomic E-state index is -1.87. The van der Waals surface area contributed by atoms with Gasteiger partial charge in [-0.25, -0.2) is 0 Å². The van der Waals surface area contributed by atoms with Crippen molar-refractivity contribution < 1.29 is 19.2 Å². The van der Waals surface area contributed by atoms with Crippen molar-refractivity contribution in [3.8, 4) is 11.5 Å². The lowest BCUT2D eigenvalue weighted by atomic mass is 9.94. The average Bonchev–Trinajstić information content (AvgIpc) is 2.74. The highest BCUT2D eigenvalue weighted by Gasteiger charge is 2.41. The van der Waals surface area contributed by atoms with E-state index < -0.39 is 10.5 Å². The maximum Gasteiger partial charge on any atom is 0.309 e. The number of rotatable bonds is 3. The standard InChI is InChI=1S/C10H8NO5/c1-10(5-12,11(13)14)7-2-3-8-9(4-7)16-6-15-8/h2-4H,6H2,1H3. The van der Waals surface area contributed by atoms with Crippen LogP contribution in [0.25, 0.3) is 0 Å². The lowest BCUT2D eigenvalue weighted by Crippen LogP contribution is -2.33. The van der Waals surface area contributed by atoms with E-state index in [-0.39, 0.29) is 12.4 Å². The van der Waals surface area contributed by atoms with Crippen molar-refractivity contribution in [1.29, 1.82) is 0 Å². The molecule has 0 bridgehead atoms. The third-order valence-electron chi connectivity index (χ3n) is 2.50. The number of carbonyl (C=O) groups excluding carboxylic acids is 1. The molecule has 1 unspecified atom stereocenters. The Bertz CT molecular complexity index is 459. The maximum absolute atomic E-state index is 10.8. The average molecular weight is 222 g/mol. The molecule has 1 radical (unpaired) electrons. The number of ether oxygens (including phenoxy) is 2. The summed E-state index contributed by atoms with van der Waals surface area (Å²) in [6.07, 6.45) is 1.44. The van der Waals surface area contributed by atoms with Gasteiger partial charge in [0.1, 0.15) is 0 Å². The number of fused-ring (bicyclic) bond motifs is 1. The molecule has 1 heterocycles. The lowest BCUT2D eigenvalue weighted by Gasteiger charge is -2.13. The van der Waals surface area contributed by atoms with Crippen molar-refractivity contribution in [2.75, 3.05) is 6.79 Å². The van der Waals surface area contributed by atoms with E-state index in [0.29, 0.717) is 11.5 Å². The first-order chi connectivity index (χ1) is 7.58. The van der Waals surface area contributed by atoms with Crippen molar-refractivity contribution in [1.82, 2.24) is 0 Å². The van der Waals surface area contributed by atoms with Crippen LogP contribution >= 0.6 is 0 Å². The van der Waals surface area contributed by atoms with Gasteiger partial charge in [-0.2, -0.15) is 0 Å². The molecule has 0 saturated carbocycles. The van der Waals surface area contributed by atoms with Gasteiger partial charge in [-0.05, 0) is 18.2 Å². The van der Waals surface area contributed by atoms with E-state index >= 15 is 0 Å². The van der Waals surface area contributed by atoms with Crippen LogP contribution in [0.5, 0.6) is 11.5 Å². The largest absolute Gasteiger partial charge is 0.454 e. The minimum absolute atomic E-state index is 0.0821. The van der Waals surface area contributed by atoms with Gasteiger partial charge in [-0.15, -0.1) is 0 Å². The SMILES string of the molecule is CC([C]=O)(c1ccc2c(c1)OCO2)[N+](=O)[O-]. The van der Waals surface area contributed by atoms with Crippen molar-refractivity contribution in [2.24, 2.45) is 0 Å². The molecule has 0 aromatic heterocycles. The first-order valence-corrected chi connectivity index (χ1v) is 4.52. The Balaban J connectivity index is 2.48. The van der Waals surface area contributed by atoms with Crippen molar-refractivity contribution in [3.05, 3.63) is 33.9 Å². The van der Waals surface area contributed by atoms with E-state index in [9.17, 15) is 14.9 Å². The van der Waals surface area contributed by atoms with Gasteiger partial charge in [0.25, 0.3) is 6.29 Å². The zero-order valence-corrected chi connectivity index (χ0v) is 8.43. The molecule has 83 valence electrons. The molecule has 16 heavy (non-hydrogen) atoms. The van der Waals surface area contributed by atoms with Crippen molar-refractivity contribution in [2.45, 2.75) is 12.5 Å². The molecule has 1 atom stereocenters. The van der Waals surface area contributed by atoms with E-state index in [0.717, 1.165) is 0 Å². The Labute approximate surface area is 90.9 Å². The van der Waals surface area contributed by atoms with Gasteiger partial charge in [-0.1, -0.05) is 0 Å². The topological polar surface area (TPSA) is 78.7 Å². The summed E-state index contributed by atoms with van der Waals surface area (Å²) in [5.41, 5.74) is -1.65. The summed E-state index contributed by atoms with van der Waals surface area (Å²) in [5, 5.41) is 10.8. The highest BCUT2D eigenvalue weighted by Crippen LogP contribution is 2.35. The van der Waals surface area contributed by atoms with Crippen LogP contribution in [0.4, 0.5) is 0 Å². The predicted molar refractivity (Wildman–Crippen MR) is 52.6 cm³/mol. The summed E-state index contributed by atoms with van der Waals surface area (Å²) < 4.78 is 10.2. The van der Waals surface area contributed by atoms with Crippen molar-refractivity contribution in [3.63, 3.8) is 0 Å². The molecule has 1 aromatic carbocycles. The highest BCUT2D eigenvalue weighted by atomic mass is 16.7. The Morgan fingerprint density at radius 2 is 2.12 bits per heavy atom. The zero-order valence-electron chi connectivity index (χ0n) is 8.43. The third-order valence-corrected chi connectivity index (χ3v) is 2.50. The normalized spacial score (nSPS) is 16.6. The van der Waals surface area contributed by atoms with E-state index in [1.807, 2.05) is 0 Å². The summed E-state index contributed by atoms with van der Waals surface area (Å²) in [7, 11) is 0. The van der Waals surface area contributed by atoms with Crippen LogP contribution in [-0.4, -0.2) is 18.0 Å². The van der Waals surface area contributed by atoms with Gasteiger partial charge in [0.15, 0.2) is 11.5 Å². The molecule has 1 aromatic rings. The summed E-state index contributed by atoms with van der Waals surface area (Å²) in [6, 6.07) is 4.42. The fourth-order valence-electron chi connectivity index (χ4n) is 1.40. The van der Waals surface area contributed by atoms with Gasteiger partial charge in [0, 0.05) is 17.4 Å². The van der Waals surface area contributed by atoms with Crippen LogP contribution in [0.3, 0.4) is 0 Å². The highest BCUT2D eigenvalue weighted by molar-refractivity contribution is 5.67. The van der Waals surface area contributed by atoms with Gasteiger partial charge in [0.2, 0.25) is 6.79 Å². The molecular formula is C10H8NO5. The van der Waals surface area contributed by atoms with Gasteiger partial charge in [0.05, 0.1) is 0 Å². The monoisotopic (exact) mass is 222 g/mol. The lowest BCUT2D eigenvalue weighted by molar-refractivity contribution is -0.550. The molecular weight excluding hydrogens is 214 g/mol. The maximum atomic E-state index is 10.8. The molecule has 0 aliphatic carbocycles. The molecule has 6 heteroatoms. The minimum Gasteiger partial charge on any atom is -0.454 e. The van der Waals surface area contributed by atoms with Gasteiger partial charge in [-0.3, -0.25) is 14.9 Å². The first kappa shape index (κ1) is 10.4. The molecule has 0 N–H and O–H groups in total. The number of hydrogen-bond acceptors (Lipinski definition) is 5. The fraction of sp³-hybridized carbons (Fsp3) is 0.300. The Hall–Kier alpha value is -2.11. The van der Waals surface area contributed by atoms with Crippen LogP contribution in [-0.2, 0) is 10.3 Å². The zero-order chi connectivity index (χ0) is 11.8. The van der Waals surface area contributed by atoms with E-state index in [1.54, 1.807) is 0 Å². The van der Waals surface area contributed by atoms with Crippen LogP contribution in [0, 0.1) is 10.1 Å². The molecule has 0 spiro atoms. The molecule has 0 fully saturated rings. The van der Waals surface area contributed by atoms with E-state index in [1.165, 1.54) is 31.4 Å². The van der Waals surface area contributed by atoms with Crippen LogP contribution in [0.1, 0.15) is 12.5 Å². The Morgan fingerprint density at radius 1 is 1.44 bits per heavy atom. The molecule has 1 aliphatic rings. The van der Waals surface area contributed by atoms with Gasteiger partial charge >= 0.3 is 5.54 Å². The smallest absolute Gasteiger partial charge is 0.309 e. The summed E-state index contributed by atoms with van der Waals surface area (Å²) in [5.74, 6) is 0.918. The predicted octanol–water partition coefficient (Wildman–Crippen LogP) is 1.02. The molecule has 2 rings (SSSR count). The third kappa shape index (κ3) is 1.39. The first-order valence-electron chi connectivity index (χ1n) is 4.52. The summed E-state index contributed by atoms with van der Waals surface area (Å²) in [6.45, 7) is 1.27. The summed E-state index contributed by atoms with van der Waals surface area (Å²) in [4.78, 5) is 20.9. The number of benzene rings is 1.